The molecule has 0 aromatic heterocycles. The minimum atomic E-state index is -0.764. The zero-order chi connectivity index (χ0) is 53.2. The first-order valence-electron chi connectivity index (χ1n) is 33.2. The first kappa shape index (κ1) is 71.4. The van der Waals surface area contributed by atoms with Gasteiger partial charge in [-0.15, -0.1) is 0 Å². The third-order valence-corrected chi connectivity index (χ3v) is 15.5. The SMILES string of the molecule is CCCCCCCCCCCCCCCCCCCC(=O)OC[C@@H](COC(=O)CCCCCCCCCCCCCCCCCCC(C)C)OC(=O)CCCCCCCCCCCCCCCCCCC(C)C. The lowest BCUT2D eigenvalue weighted by atomic mass is 10.0. The molecule has 0 unspecified atom stereocenters. The molecule has 0 aliphatic heterocycles. The third kappa shape index (κ3) is 61.1. The van der Waals surface area contributed by atoms with E-state index in [4.69, 9.17) is 14.2 Å². The van der Waals surface area contributed by atoms with Gasteiger partial charge in [-0.05, 0) is 31.1 Å². The molecule has 434 valence electrons. The zero-order valence-electron chi connectivity index (χ0n) is 50.3. The summed E-state index contributed by atoms with van der Waals surface area (Å²) in [6, 6.07) is 0. The Balaban J connectivity index is 4.28. The second-order valence-electron chi connectivity index (χ2n) is 24.1. The summed E-state index contributed by atoms with van der Waals surface area (Å²) < 4.78 is 17.0. The van der Waals surface area contributed by atoms with Gasteiger partial charge in [0.05, 0.1) is 0 Å². The highest BCUT2D eigenvalue weighted by atomic mass is 16.6. The lowest BCUT2D eigenvalue weighted by molar-refractivity contribution is -0.167. The van der Waals surface area contributed by atoms with E-state index in [1.807, 2.05) is 0 Å². The van der Waals surface area contributed by atoms with Crippen LogP contribution in [0.1, 0.15) is 381 Å². The number of unbranched alkanes of at least 4 members (excludes halogenated alkanes) is 46. The summed E-state index contributed by atoms with van der Waals surface area (Å²) in [4.78, 5) is 38.4. The molecule has 6 heteroatoms. The normalized spacial score (nSPS) is 12.0. The standard InChI is InChI=1S/C67H130O6/c1-6-7-8-9-10-11-12-13-14-15-22-27-32-37-42-47-52-57-65(68)71-60-64(73-67(70)59-54-49-44-39-34-29-24-19-17-21-26-31-36-41-46-51-56-63(4)5)61-72-66(69)58-53-48-43-38-33-28-23-18-16-20-25-30-35-40-45-50-55-62(2)3/h62-64H,6-61H2,1-5H3/t64-/m0/s1. The minimum Gasteiger partial charge on any atom is -0.462 e. The van der Waals surface area contributed by atoms with Gasteiger partial charge in [-0.1, -0.05) is 343 Å². The monoisotopic (exact) mass is 1030 g/mol. The molecule has 0 aromatic rings. The van der Waals surface area contributed by atoms with Crippen LogP contribution in [0.5, 0.6) is 0 Å². The summed E-state index contributed by atoms with van der Waals surface area (Å²) in [5.74, 6) is 0.877. The summed E-state index contributed by atoms with van der Waals surface area (Å²) in [7, 11) is 0. The Morgan fingerprint density at radius 3 is 0.671 bits per heavy atom. The molecule has 0 spiro atoms. The van der Waals surface area contributed by atoms with Gasteiger partial charge in [0.25, 0.3) is 0 Å². The van der Waals surface area contributed by atoms with Gasteiger partial charge in [0.15, 0.2) is 6.10 Å². The molecule has 0 fully saturated rings. The van der Waals surface area contributed by atoms with Gasteiger partial charge in [0.1, 0.15) is 13.2 Å². The van der Waals surface area contributed by atoms with Crippen molar-refractivity contribution in [3.8, 4) is 0 Å². The van der Waals surface area contributed by atoms with Crippen molar-refractivity contribution in [1.29, 1.82) is 0 Å². The van der Waals surface area contributed by atoms with Crippen molar-refractivity contribution in [2.75, 3.05) is 13.2 Å². The number of hydrogen-bond acceptors (Lipinski definition) is 6. The Kier molecular flexibility index (Phi) is 58.4. The second-order valence-corrected chi connectivity index (χ2v) is 24.1. The lowest BCUT2D eigenvalue weighted by Gasteiger charge is -2.18. The van der Waals surface area contributed by atoms with Crippen molar-refractivity contribution in [3.63, 3.8) is 0 Å². The van der Waals surface area contributed by atoms with Gasteiger partial charge in [0, 0.05) is 19.3 Å². The summed E-state index contributed by atoms with van der Waals surface area (Å²) in [5, 5.41) is 0. The average molecular weight is 1030 g/mol. The Bertz CT molecular complexity index is 1120. The van der Waals surface area contributed by atoms with Crippen molar-refractivity contribution in [1.82, 2.24) is 0 Å². The number of ether oxygens (including phenoxy) is 3. The van der Waals surface area contributed by atoms with Crippen molar-refractivity contribution >= 4 is 17.9 Å². The predicted octanol–water partition coefficient (Wildman–Crippen LogP) is 22.4. The van der Waals surface area contributed by atoms with Crippen LogP contribution in [-0.4, -0.2) is 37.2 Å². The van der Waals surface area contributed by atoms with Gasteiger partial charge in [-0.3, -0.25) is 14.4 Å². The van der Waals surface area contributed by atoms with Crippen LogP contribution in [0.2, 0.25) is 0 Å². The van der Waals surface area contributed by atoms with Gasteiger partial charge in [-0.25, -0.2) is 0 Å². The van der Waals surface area contributed by atoms with Crippen molar-refractivity contribution < 1.29 is 28.6 Å². The number of esters is 3. The van der Waals surface area contributed by atoms with E-state index in [1.54, 1.807) is 0 Å². The minimum absolute atomic E-state index is 0.0614. The molecular formula is C67H130O6. The highest BCUT2D eigenvalue weighted by molar-refractivity contribution is 5.71. The summed E-state index contributed by atoms with van der Waals surface area (Å²) >= 11 is 0. The van der Waals surface area contributed by atoms with Gasteiger partial charge in [-0.2, -0.15) is 0 Å². The highest BCUT2D eigenvalue weighted by Gasteiger charge is 2.19. The molecule has 73 heavy (non-hydrogen) atoms. The fraction of sp³-hybridized carbons (Fsp3) is 0.955. The maximum atomic E-state index is 12.9. The van der Waals surface area contributed by atoms with E-state index in [1.165, 1.54) is 270 Å². The molecule has 6 nitrogen and oxygen atoms in total. The Morgan fingerprint density at radius 1 is 0.260 bits per heavy atom. The van der Waals surface area contributed by atoms with Crippen molar-refractivity contribution in [3.05, 3.63) is 0 Å². The lowest BCUT2D eigenvalue weighted by Crippen LogP contribution is -2.30. The van der Waals surface area contributed by atoms with Crippen LogP contribution in [0, 0.1) is 11.8 Å². The number of carbonyl (C=O) groups excluding carboxylic acids is 3. The van der Waals surface area contributed by atoms with E-state index in [9.17, 15) is 14.4 Å². The van der Waals surface area contributed by atoms with E-state index < -0.39 is 6.10 Å². The predicted molar refractivity (Wildman–Crippen MR) is 316 cm³/mol. The molecule has 0 rings (SSSR count). The molecule has 0 radical (unpaired) electrons. The molecule has 0 aliphatic carbocycles. The molecule has 0 saturated carbocycles. The van der Waals surface area contributed by atoms with Crippen LogP contribution in [0.4, 0.5) is 0 Å². The van der Waals surface area contributed by atoms with Crippen LogP contribution >= 0.6 is 0 Å². The second kappa shape index (κ2) is 59.7. The molecule has 0 heterocycles. The van der Waals surface area contributed by atoms with Gasteiger partial charge < -0.3 is 14.2 Å². The van der Waals surface area contributed by atoms with E-state index in [0.717, 1.165) is 69.6 Å². The fourth-order valence-electron chi connectivity index (χ4n) is 10.5. The summed E-state index contributed by atoms with van der Waals surface area (Å²) in [6.07, 6.45) is 66.8. The molecule has 0 amide bonds. The zero-order valence-corrected chi connectivity index (χ0v) is 50.3. The number of rotatable bonds is 61. The van der Waals surface area contributed by atoms with Crippen LogP contribution in [0.15, 0.2) is 0 Å². The Hall–Kier alpha value is -1.59. The molecule has 0 saturated heterocycles. The van der Waals surface area contributed by atoms with E-state index >= 15 is 0 Å². The summed E-state index contributed by atoms with van der Waals surface area (Å²) in [6.45, 7) is 11.5. The fourth-order valence-corrected chi connectivity index (χ4v) is 10.5. The maximum Gasteiger partial charge on any atom is 0.306 e. The smallest absolute Gasteiger partial charge is 0.306 e. The van der Waals surface area contributed by atoms with E-state index in [2.05, 4.69) is 34.6 Å². The number of carbonyl (C=O) groups is 3. The van der Waals surface area contributed by atoms with E-state index in [-0.39, 0.29) is 31.1 Å². The average Bonchev–Trinajstić information content (AvgIpc) is 3.37. The largest absolute Gasteiger partial charge is 0.462 e. The third-order valence-electron chi connectivity index (χ3n) is 15.5. The quantitative estimate of drug-likeness (QED) is 0.0343. The van der Waals surface area contributed by atoms with Crippen LogP contribution in [-0.2, 0) is 28.6 Å². The van der Waals surface area contributed by atoms with Crippen molar-refractivity contribution in [2.24, 2.45) is 11.8 Å². The maximum absolute atomic E-state index is 12.9. The molecule has 0 aromatic carbocycles. The molecule has 1 atom stereocenters. The first-order valence-corrected chi connectivity index (χ1v) is 33.2. The van der Waals surface area contributed by atoms with Crippen LogP contribution < -0.4 is 0 Å². The first-order chi connectivity index (χ1) is 35.7. The number of hydrogen-bond donors (Lipinski definition) is 0. The van der Waals surface area contributed by atoms with Crippen LogP contribution in [0.3, 0.4) is 0 Å². The topological polar surface area (TPSA) is 78.9 Å². The molecular weight excluding hydrogens is 901 g/mol. The molecule has 0 N–H and O–H groups in total. The van der Waals surface area contributed by atoms with Crippen molar-refractivity contribution in [2.45, 2.75) is 387 Å². The summed E-state index contributed by atoms with van der Waals surface area (Å²) in [5.41, 5.74) is 0. The van der Waals surface area contributed by atoms with Gasteiger partial charge in [0.2, 0.25) is 0 Å². The Labute approximate surface area is 457 Å². The van der Waals surface area contributed by atoms with Gasteiger partial charge >= 0.3 is 17.9 Å². The van der Waals surface area contributed by atoms with Crippen LogP contribution in [0.25, 0.3) is 0 Å². The highest BCUT2D eigenvalue weighted by Crippen LogP contribution is 2.19. The molecule has 0 aliphatic rings. The Morgan fingerprint density at radius 2 is 0.452 bits per heavy atom. The molecule has 0 bridgehead atoms. The van der Waals surface area contributed by atoms with E-state index in [0.29, 0.717) is 19.3 Å².